The summed E-state index contributed by atoms with van der Waals surface area (Å²) in [6.07, 6.45) is 0.0415. The number of ether oxygens (including phenoxy) is 2. The summed E-state index contributed by atoms with van der Waals surface area (Å²) in [7, 11) is 0. The zero-order chi connectivity index (χ0) is 16.0. The van der Waals surface area contributed by atoms with Crippen LogP contribution in [0.25, 0.3) is 0 Å². The molecule has 0 aliphatic carbocycles. The number of carbonyl (C=O) groups is 2. The van der Waals surface area contributed by atoms with Crippen LogP contribution >= 0.6 is 0 Å². The predicted octanol–water partition coefficient (Wildman–Crippen LogP) is 1.45. The van der Waals surface area contributed by atoms with Crippen LogP contribution in [0.15, 0.2) is 36.4 Å². The minimum absolute atomic E-state index is 0.0747. The molecule has 2 N–H and O–H groups in total. The highest BCUT2D eigenvalue weighted by atomic mass is 16.6. The summed E-state index contributed by atoms with van der Waals surface area (Å²) < 4.78 is 9.80. The van der Waals surface area contributed by atoms with E-state index in [4.69, 9.17) is 14.6 Å². The number of alkyl carbamates (subject to hydrolysis) is 1. The zero-order valence-electron chi connectivity index (χ0n) is 11.9. The number of amides is 1. The molecule has 21 heavy (non-hydrogen) atoms. The summed E-state index contributed by atoms with van der Waals surface area (Å²) in [5, 5.41) is 22.3. The lowest BCUT2D eigenvalue weighted by molar-refractivity contribution is -0.342. The second-order valence-corrected chi connectivity index (χ2v) is 5.04. The number of carbonyl (C=O) groups excluding carboxylic acids is 1. The molecule has 7 nitrogen and oxygen atoms in total. The summed E-state index contributed by atoms with van der Waals surface area (Å²) in [5.74, 6) is -1.73. The van der Waals surface area contributed by atoms with E-state index in [-0.39, 0.29) is 11.3 Å². The smallest absolute Gasteiger partial charge is 0.411 e. The Labute approximate surface area is 121 Å². The van der Waals surface area contributed by atoms with Crippen molar-refractivity contribution < 1.29 is 29.3 Å². The Balaban J connectivity index is 2.56. The molecule has 1 aromatic carbocycles. The van der Waals surface area contributed by atoms with Gasteiger partial charge in [0.25, 0.3) is 0 Å². The topological polar surface area (TPSA) is 108 Å². The van der Waals surface area contributed by atoms with Gasteiger partial charge in [-0.15, -0.1) is 0 Å². The second kappa shape index (κ2) is 6.65. The number of hydrogen-bond donors (Lipinski definition) is 2. The van der Waals surface area contributed by atoms with Gasteiger partial charge in [-0.2, -0.15) is 0 Å². The number of rotatable bonds is 4. The van der Waals surface area contributed by atoms with E-state index in [0.29, 0.717) is 0 Å². The molecular weight excluding hydrogens is 278 g/mol. The standard InChI is InChI=1S/C14H17NO6/c1-14(2,3)21-13(19)15-8-11(16)20-10-6-4-9(5-7-10)12(17)18/h4-8,16H,1-3H3,(H,15,19)(H,17,18)/p-1. The summed E-state index contributed by atoms with van der Waals surface area (Å²) >= 11 is 0. The molecule has 0 aliphatic rings. The summed E-state index contributed by atoms with van der Waals surface area (Å²) in [4.78, 5) is 21.9. The quantitative estimate of drug-likeness (QED) is 0.814. The molecule has 1 rings (SSSR count). The van der Waals surface area contributed by atoms with Crippen LogP contribution in [0.1, 0.15) is 31.1 Å². The lowest BCUT2D eigenvalue weighted by Crippen LogP contribution is -2.31. The largest absolute Gasteiger partial charge is 0.578 e. The maximum absolute atomic E-state index is 11.4. The van der Waals surface area contributed by atoms with E-state index in [2.05, 4.69) is 5.32 Å². The third kappa shape index (κ3) is 6.33. The Morgan fingerprint density at radius 3 is 2.29 bits per heavy atom. The number of benzene rings is 1. The molecule has 114 valence electrons. The highest BCUT2D eigenvalue weighted by Gasteiger charge is 2.14. The molecule has 0 aromatic heterocycles. The lowest BCUT2D eigenvalue weighted by atomic mass is 10.2. The fourth-order valence-corrected chi connectivity index (χ4v) is 1.24. The molecule has 0 spiro atoms. The molecule has 0 aliphatic heterocycles. The van der Waals surface area contributed by atoms with Gasteiger partial charge in [-0.25, -0.2) is 9.59 Å². The molecule has 0 fully saturated rings. The Hall–Kier alpha value is -2.70. The van der Waals surface area contributed by atoms with Crippen LogP contribution in [0.3, 0.4) is 0 Å². The Bertz CT molecular complexity index is 542. The van der Waals surface area contributed by atoms with Gasteiger partial charge in [0.15, 0.2) is 0 Å². The Kier molecular flexibility index (Phi) is 5.18. The third-order valence-corrected chi connectivity index (χ3v) is 2.03. The summed E-state index contributed by atoms with van der Waals surface area (Å²) in [6.45, 7) is 5.07. The van der Waals surface area contributed by atoms with E-state index in [1.807, 2.05) is 0 Å². The maximum atomic E-state index is 11.4. The minimum atomic E-state index is -1.08. The normalized spacial score (nSPS) is 11.7. The zero-order valence-corrected chi connectivity index (χ0v) is 11.9. The van der Waals surface area contributed by atoms with Gasteiger partial charge in [-0.3, -0.25) is 5.32 Å². The highest BCUT2D eigenvalue weighted by Crippen LogP contribution is 2.13. The minimum Gasteiger partial charge on any atom is -0.578 e. The van der Waals surface area contributed by atoms with E-state index in [0.717, 1.165) is 6.20 Å². The third-order valence-electron chi connectivity index (χ3n) is 2.03. The van der Waals surface area contributed by atoms with Gasteiger partial charge in [0.2, 0.25) is 0 Å². The van der Waals surface area contributed by atoms with Crippen LogP contribution in [0, 0.1) is 0 Å². The number of aromatic carboxylic acids is 1. The molecule has 1 aromatic rings. The first kappa shape index (κ1) is 16.4. The molecule has 0 bridgehead atoms. The predicted molar refractivity (Wildman–Crippen MR) is 71.5 cm³/mol. The molecule has 0 heterocycles. The van der Waals surface area contributed by atoms with Crippen molar-refractivity contribution in [1.82, 2.24) is 5.32 Å². The van der Waals surface area contributed by atoms with Crippen molar-refractivity contribution in [3.8, 4) is 5.75 Å². The number of nitrogens with one attached hydrogen (secondary N) is 1. The molecule has 0 atom stereocenters. The van der Waals surface area contributed by atoms with Crippen molar-refractivity contribution in [2.24, 2.45) is 0 Å². The fraction of sp³-hybridized carbons (Fsp3) is 0.286. The Morgan fingerprint density at radius 1 is 1.24 bits per heavy atom. The molecule has 0 saturated carbocycles. The molecule has 7 heteroatoms. The van der Waals surface area contributed by atoms with Crippen LogP contribution in [-0.4, -0.2) is 22.8 Å². The second-order valence-electron chi connectivity index (χ2n) is 5.04. The van der Waals surface area contributed by atoms with E-state index < -0.39 is 23.6 Å². The van der Waals surface area contributed by atoms with E-state index >= 15 is 0 Å². The van der Waals surface area contributed by atoms with Crippen molar-refractivity contribution in [2.75, 3.05) is 0 Å². The number of carboxylic acid groups (broad SMARTS) is 1. The first-order chi connectivity index (χ1) is 9.67. The van der Waals surface area contributed by atoms with E-state index in [1.54, 1.807) is 20.8 Å². The van der Waals surface area contributed by atoms with Gasteiger partial charge in [0, 0.05) is 11.9 Å². The first-order valence-electron chi connectivity index (χ1n) is 6.05. The number of hydrogen-bond acceptors (Lipinski definition) is 5. The van der Waals surface area contributed by atoms with Gasteiger partial charge >= 0.3 is 12.1 Å². The van der Waals surface area contributed by atoms with Gasteiger partial charge < -0.3 is 19.7 Å². The van der Waals surface area contributed by atoms with Crippen LogP contribution in [0.4, 0.5) is 4.79 Å². The van der Waals surface area contributed by atoms with Crippen LogP contribution in [0.2, 0.25) is 0 Å². The molecule has 1 amide bonds. The molecule has 0 saturated heterocycles. The van der Waals surface area contributed by atoms with Gasteiger partial charge in [-0.1, -0.05) is 0 Å². The van der Waals surface area contributed by atoms with Crippen molar-refractivity contribution in [1.29, 1.82) is 0 Å². The fourth-order valence-electron chi connectivity index (χ4n) is 1.24. The lowest BCUT2D eigenvalue weighted by Gasteiger charge is -2.20. The molecule has 0 radical (unpaired) electrons. The monoisotopic (exact) mass is 294 g/mol. The SMILES string of the molecule is CC(C)(C)OC(=O)NC=C([O-])Oc1ccc(C(=O)O)cc1. The maximum Gasteiger partial charge on any atom is 0.411 e. The first-order valence-corrected chi connectivity index (χ1v) is 6.05. The van der Waals surface area contributed by atoms with Crippen LogP contribution in [0.5, 0.6) is 5.75 Å². The van der Waals surface area contributed by atoms with Crippen molar-refractivity contribution in [2.45, 2.75) is 26.4 Å². The number of carboxylic acids is 1. The van der Waals surface area contributed by atoms with Crippen LogP contribution < -0.4 is 15.2 Å². The molecule has 0 unspecified atom stereocenters. The highest BCUT2D eigenvalue weighted by molar-refractivity contribution is 5.87. The van der Waals surface area contributed by atoms with Gasteiger partial charge in [0.1, 0.15) is 5.60 Å². The Morgan fingerprint density at radius 2 is 1.81 bits per heavy atom. The van der Waals surface area contributed by atoms with Crippen LogP contribution in [-0.2, 0) is 4.74 Å². The van der Waals surface area contributed by atoms with E-state index in [1.165, 1.54) is 24.3 Å². The van der Waals surface area contributed by atoms with E-state index in [9.17, 15) is 14.7 Å². The molecular formula is C14H16NO6-. The average Bonchev–Trinajstić information content (AvgIpc) is 2.35. The van der Waals surface area contributed by atoms with Crippen molar-refractivity contribution in [3.05, 3.63) is 42.0 Å². The van der Waals surface area contributed by atoms with Gasteiger partial charge in [-0.05, 0) is 45.0 Å². The average molecular weight is 294 g/mol. The van der Waals surface area contributed by atoms with Crippen molar-refractivity contribution >= 4 is 12.1 Å². The van der Waals surface area contributed by atoms with Gasteiger partial charge in [0.05, 0.1) is 11.5 Å². The summed E-state index contributed by atoms with van der Waals surface area (Å²) in [6, 6.07) is 5.27. The summed E-state index contributed by atoms with van der Waals surface area (Å²) in [5.41, 5.74) is -0.597. The van der Waals surface area contributed by atoms with Crippen molar-refractivity contribution in [3.63, 3.8) is 0 Å².